The van der Waals surface area contributed by atoms with E-state index < -0.39 is 5.82 Å². The molecule has 0 bridgehead atoms. The van der Waals surface area contributed by atoms with Crippen molar-refractivity contribution in [2.75, 3.05) is 25.0 Å². The Kier molecular flexibility index (Phi) is 7.05. The highest BCUT2D eigenvalue weighted by atomic mass is 35.5. The van der Waals surface area contributed by atoms with Crippen molar-refractivity contribution in [3.63, 3.8) is 0 Å². The van der Waals surface area contributed by atoms with Crippen LogP contribution in [0.5, 0.6) is 0 Å². The molecule has 3 aromatic rings. The second-order valence-electron chi connectivity index (χ2n) is 8.13. The van der Waals surface area contributed by atoms with Gasteiger partial charge in [0.1, 0.15) is 5.82 Å². The first kappa shape index (κ1) is 22.9. The molecule has 1 amide bonds. The van der Waals surface area contributed by atoms with Crippen LogP contribution in [0.4, 0.5) is 10.1 Å². The van der Waals surface area contributed by atoms with Gasteiger partial charge in [-0.1, -0.05) is 48.0 Å². The first-order valence-corrected chi connectivity index (χ1v) is 11.2. The molecule has 0 saturated carbocycles. The van der Waals surface area contributed by atoms with Gasteiger partial charge in [-0.05, 0) is 73.0 Å². The molecule has 0 unspecified atom stereocenters. The average Bonchev–Trinajstić information content (AvgIpc) is 2.86. The normalized spacial score (nSPS) is 14.9. The molecule has 4 rings (SSSR count). The number of halogens is 2. The first-order valence-electron chi connectivity index (χ1n) is 10.8. The van der Waals surface area contributed by atoms with Crippen LogP contribution < -0.4 is 16.0 Å². The lowest BCUT2D eigenvalue weighted by Crippen LogP contribution is -2.51. The van der Waals surface area contributed by atoms with E-state index in [0.717, 1.165) is 42.6 Å². The third-order valence-electron chi connectivity index (χ3n) is 6.01. The smallest absolute Gasteiger partial charge is 0.238 e. The number of carbonyl (C=O) groups is 1. The summed E-state index contributed by atoms with van der Waals surface area (Å²) in [5.41, 5.74) is 3.88. The standard InChI is InChI=1S/C26H24ClFN4O/c27-23-15-22(8-9-24(23)28)32-25(33)17-31-26(10-12-30-13-11-26)21-6-4-19(5-7-21)20-3-1-2-18(14-20)16-29/h1-9,14-15,30-31H,10-13,17H2,(H,32,33). The summed E-state index contributed by atoms with van der Waals surface area (Å²) >= 11 is 5.81. The summed E-state index contributed by atoms with van der Waals surface area (Å²) in [6.45, 7) is 1.79. The number of nitriles is 1. The molecular weight excluding hydrogens is 439 g/mol. The molecule has 5 nitrogen and oxygen atoms in total. The third kappa shape index (κ3) is 5.40. The molecule has 1 saturated heterocycles. The largest absolute Gasteiger partial charge is 0.325 e. The quantitative estimate of drug-likeness (QED) is 0.490. The Balaban J connectivity index is 1.49. The summed E-state index contributed by atoms with van der Waals surface area (Å²) in [6, 6.07) is 22.1. The minimum Gasteiger partial charge on any atom is -0.325 e. The van der Waals surface area contributed by atoms with Gasteiger partial charge < -0.3 is 10.6 Å². The van der Waals surface area contributed by atoms with Gasteiger partial charge >= 0.3 is 0 Å². The maximum absolute atomic E-state index is 13.4. The van der Waals surface area contributed by atoms with Gasteiger partial charge in [0.25, 0.3) is 0 Å². The van der Waals surface area contributed by atoms with Crippen LogP contribution in [0.15, 0.2) is 66.7 Å². The summed E-state index contributed by atoms with van der Waals surface area (Å²) < 4.78 is 13.4. The first-order chi connectivity index (χ1) is 16.0. The summed E-state index contributed by atoms with van der Waals surface area (Å²) in [5, 5.41) is 18.7. The topological polar surface area (TPSA) is 77.0 Å². The van der Waals surface area contributed by atoms with Crippen LogP contribution in [0.1, 0.15) is 24.0 Å². The van der Waals surface area contributed by atoms with E-state index in [1.54, 1.807) is 6.07 Å². The van der Waals surface area contributed by atoms with Crippen molar-refractivity contribution >= 4 is 23.2 Å². The molecule has 0 spiro atoms. The maximum Gasteiger partial charge on any atom is 0.238 e. The van der Waals surface area contributed by atoms with Crippen molar-refractivity contribution in [1.82, 2.24) is 10.6 Å². The average molecular weight is 463 g/mol. The van der Waals surface area contributed by atoms with E-state index >= 15 is 0 Å². The van der Waals surface area contributed by atoms with Crippen LogP contribution in [0.2, 0.25) is 5.02 Å². The van der Waals surface area contributed by atoms with E-state index in [2.05, 4.69) is 46.3 Å². The highest BCUT2D eigenvalue weighted by molar-refractivity contribution is 6.31. The van der Waals surface area contributed by atoms with Crippen molar-refractivity contribution in [1.29, 1.82) is 5.26 Å². The molecule has 1 fully saturated rings. The van der Waals surface area contributed by atoms with Gasteiger partial charge in [0, 0.05) is 11.2 Å². The molecule has 0 aromatic heterocycles. The number of hydrogen-bond donors (Lipinski definition) is 3. The predicted molar refractivity (Wildman–Crippen MR) is 128 cm³/mol. The molecular formula is C26H24ClFN4O. The Bertz CT molecular complexity index is 1180. The molecule has 7 heteroatoms. The van der Waals surface area contributed by atoms with Crippen LogP contribution in [0.25, 0.3) is 11.1 Å². The lowest BCUT2D eigenvalue weighted by Gasteiger charge is -2.39. The fraction of sp³-hybridized carbons (Fsp3) is 0.231. The van der Waals surface area contributed by atoms with Crippen molar-refractivity contribution < 1.29 is 9.18 Å². The second kappa shape index (κ2) is 10.1. The molecule has 1 aliphatic heterocycles. The predicted octanol–water partition coefficient (Wildman–Crippen LogP) is 4.82. The lowest BCUT2D eigenvalue weighted by atomic mass is 9.81. The zero-order chi connectivity index (χ0) is 23.3. The summed E-state index contributed by atoms with van der Waals surface area (Å²) in [4.78, 5) is 12.6. The third-order valence-corrected chi connectivity index (χ3v) is 6.30. The zero-order valence-electron chi connectivity index (χ0n) is 18.0. The Morgan fingerprint density at radius 3 is 2.52 bits per heavy atom. The lowest BCUT2D eigenvalue weighted by molar-refractivity contribution is -0.115. The van der Waals surface area contributed by atoms with Gasteiger partial charge in [0.05, 0.1) is 23.2 Å². The van der Waals surface area contributed by atoms with Gasteiger partial charge in [-0.2, -0.15) is 5.26 Å². The highest BCUT2D eigenvalue weighted by Gasteiger charge is 2.33. The molecule has 0 radical (unpaired) electrons. The van der Waals surface area contributed by atoms with Crippen LogP contribution >= 0.6 is 11.6 Å². The van der Waals surface area contributed by atoms with Crippen LogP contribution in [0, 0.1) is 17.1 Å². The molecule has 0 aliphatic carbocycles. The SMILES string of the molecule is N#Cc1cccc(-c2ccc(C3(NCC(=O)Nc4ccc(F)c(Cl)c4)CCNCC3)cc2)c1. The number of anilines is 1. The Morgan fingerprint density at radius 2 is 1.82 bits per heavy atom. The number of amides is 1. The maximum atomic E-state index is 13.4. The number of hydrogen-bond acceptors (Lipinski definition) is 4. The van der Waals surface area contributed by atoms with Crippen molar-refractivity contribution in [3.05, 3.63) is 88.7 Å². The summed E-state index contributed by atoms with van der Waals surface area (Å²) in [6.07, 6.45) is 1.68. The highest BCUT2D eigenvalue weighted by Crippen LogP contribution is 2.32. The number of nitrogens with one attached hydrogen (secondary N) is 3. The fourth-order valence-electron chi connectivity index (χ4n) is 4.20. The van der Waals surface area contributed by atoms with Gasteiger partial charge in [0.15, 0.2) is 0 Å². The van der Waals surface area contributed by atoms with Crippen molar-refractivity contribution in [2.24, 2.45) is 0 Å². The van der Waals surface area contributed by atoms with E-state index in [9.17, 15) is 9.18 Å². The number of piperidine rings is 1. The molecule has 3 N–H and O–H groups in total. The Morgan fingerprint density at radius 1 is 1.06 bits per heavy atom. The van der Waals surface area contributed by atoms with Crippen LogP contribution in [-0.4, -0.2) is 25.5 Å². The van der Waals surface area contributed by atoms with E-state index in [0.29, 0.717) is 11.3 Å². The molecule has 0 atom stereocenters. The Hall–Kier alpha value is -3.24. The van der Waals surface area contributed by atoms with Gasteiger partial charge in [-0.3, -0.25) is 10.1 Å². The Labute approximate surface area is 197 Å². The zero-order valence-corrected chi connectivity index (χ0v) is 18.8. The number of carbonyl (C=O) groups excluding carboxylic acids is 1. The minimum atomic E-state index is -0.524. The van der Waals surface area contributed by atoms with E-state index in [1.165, 1.54) is 18.2 Å². The number of benzene rings is 3. The van der Waals surface area contributed by atoms with Gasteiger partial charge in [-0.25, -0.2) is 4.39 Å². The van der Waals surface area contributed by atoms with E-state index in [-0.39, 0.29) is 23.0 Å². The van der Waals surface area contributed by atoms with Crippen LogP contribution in [-0.2, 0) is 10.3 Å². The molecule has 3 aromatic carbocycles. The summed E-state index contributed by atoms with van der Waals surface area (Å²) in [5.74, 6) is -0.746. The van der Waals surface area contributed by atoms with E-state index in [1.807, 2.05) is 18.2 Å². The number of nitrogens with zero attached hydrogens (tertiary/aromatic N) is 1. The van der Waals surface area contributed by atoms with Crippen molar-refractivity contribution in [3.8, 4) is 17.2 Å². The summed E-state index contributed by atoms with van der Waals surface area (Å²) in [7, 11) is 0. The fourth-order valence-corrected chi connectivity index (χ4v) is 4.38. The second-order valence-corrected chi connectivity index (χ2v) is 8.54. The van der Waals surface area contributed by atoms with Crippen LogP contribution in [0.3, 0.4) is 0 Å². The monoisotopic (exact) mass is 462 g/mol. The van der Waals surface area contributed by atoms with Gasteiger partial charge in [0.2, 0.25) is 5.91 Å². The molecule has 168 valence electrons. The van der Waals surface area contributed by atoms with Gasteiger partial charge in [-0.15, -0.1) is 0 Å². The molecule has 33 heavy (non-hydrogen) atoms. The van der Waals surface area contributed by atoms with Crippen molar-refractivity contribution in [2.45, 2.75) is 18.4 Å². The molecule has 1 heterocycles. The number of rotatable bonds is 6. The molecule has 1 aliphatic rings. The van der Waals surface area contributed by atoms with E-state index in [4.69, 9.17) is 16.9 Å². The minimum absolute atomic E-state index is 0.0315.